The largest absolute Gasteiger partial charge is 0.497 e. The summed E-state index contributed by atoms with van der Waals surface area (Å²) in [5.41, 5.74) is 0.756. The first-order valence-corrected chi connectivity index (χ1v) is 36.8. The number of halogens is 6. The molecular weight excluding hydrogens is 1310 g/mol. The molecular formula is C70H98F6N6O13S2. The minimum absolute atomic E-state index is 0.0831. The Morgan fingerprint density at radius 3 is 1.30 bits per heavy atom. The van der Waals surface area contributed by atoms with Gasteiger partial charge in [-0.3, -0.25) is 4.79 Å². The van der Waals surface area contributed by atoms with Crippen molar-refractivity contribution in [3.05, 3.63) is 117 Å². The number of nitrogens with one attached hydrogen (secondary N) is 1. The summed E-state index contributed by atoms with van der Waals surface area (Å²) in [6.45, 7) is 16.2. The van der Waals surface area contributed by atoms with Crippen LogP contribution in [-0.4, -0.2) is 202 Å². The third-order valence-electron chi connectivity index (χ3n) is 19.4. The van der Waals surface area contributed by atoms with E-state index in [-0.39, 0.29) is 36.7 Å². The Labute approximate surface area is 568 Å². The summed E-state index contributed by atoms with van der Waals surface area (Å²) in [5.74, 6) is -0.0859. The lowest BCUT2D eigenvalue weighted by Crippen LogP contribution is -2.49. The molecule has 2 atom stereocenters. The lowest BCUT2D eigenvalue weighted by Gasteiger charge is -2.42. The van der Waals surface area contributed by atoms with Crippen molar-refractivity contribution in [3.63, 3.8) is 0 Å². The molecule has 6 aliphatic rings. The quantitative estimate of drug-likeness (QED) is 0.0626. The first-order chi connectivity index (χ1) is 46.1. The van der Waals surface area contributed by atoms with Gasteiger partial charge in [0.25, 0.3) is 0 Å². The van der Waals surface area contributed by atoms with E-state index in [4.69, 9.17) is 33.5 Å². The highest BCUT2D eigenvalue weighted by Crippen LogP contribution is 2.42. The molecule has 4 aromatic carbocycles. The van der Waals surface area contributed by atoms with Crippen LogP contribution >= 0.6 is 0 Å². The molecule has 4 aromatic rings. The molecule has 0 bridgehead atoms. The SMILES string of the molecule is COc1cc(C)c(S(=O)(=O)N2CCCC[C@H]2COCC(=O)N2CCC(OCCN3CCCC3)(c3cccc(C(F)(F)F)c3)CC2)c(C)c1.COc1cc(C)c(S(=O)(=O)N2CCCC[C@H]2COCC(=O)O)c(C)c1.FC(F)(F)c1cccc(C2(OCCN3CCCC3)CCNCC2)c1. The summed E-state index contributed by atoms with van der Waals surface area (Å²) in [4.78, 5) is 30.8. The third kappa shape index (κ3) is 20.4. The van der Waals surface area contributed by atoms with Crippen molar-refractivity contribution in [2.45, 2.75) is 163 Å². The number of rotatable bonds is 24. The molecule has 1 amide bonds. The van der Waals surface area contributed by atoms with E-state index in [1.165, 1.54) is 45.7 Å². The molecule has 0 spiro atoms. The summed E-state index contributed by atoms with van der Waals surface area (Å²) >= 11 is 0. The molecule has 6 fully saturated rings. The second-order valence-electron chi connectivity index (χ2n) is 26.2. The molecule has 19 nitrogen and oxygen atoms in total. The molecule has 0 unspecified atom stereocenters. The maximum absolute atomic E-state index is 13.9. The average molecular weight is 1410 g/mol. The van der Waals surface area contributed by atoms with Gasteiger partial charge < -0.3 is 53.5 Å². The number of amides is 1. The molecule has 0 aromatic heterocycles. The van der Waals surface area contributed by atoms with Gasteiger partial charge in [-0.2, -0.15) is 35.0 Å². The predicted molar refractivity (Wildman–Crippen MR) is 355 cm³/mol. The number of methoxy groups -OCH3 is 2. The van der Waals surface area contributed by atoms with Crippen molar-refractivity contribution < 1.29 is 86.3 Å². The summed E-state index contributed by atoms with van der Waals surface area (Å²) in [6.07, 6.45) is 2.60. The maximum atomic E-state index is 13.9. The Kier molecular flexibility index (Phi) is 27.7. The number of nitrogens with zero attached hydrogens (tertiary/aromatic N) is 5. The molecule has 2 N–H and O–H groups in total. The van der Waals surface area contributed by atoms with Crippen molar-refractivity contribution in [2.75, 3.05) is 132 Å². The van der Waals surface area contributed by atoms with Crippen molar-refractivity contribution in [3.8, 4) is 11.5 Å². The van der Waals surface area contributed by atoms with Crippen LogP contribution in [0.5, 0.6) is 11.5 Å². The lowest BCUT2D eigenvalue weighted by atomic mass is 9.83. The number of piperidine rings is 4. The van der Waals surface area contributed by atoms with E-state index in [9.17, 15) is 52.8 Å². The number of sulfonamides is 2. The van der Waals surface area contributed by atoms with Gasteiger partial charge in [0, 0.05) is 51.4 Å². The zero-order valence-corrected chi connectivity index (χ0v) is 58.5. The van der Waals surface area contributed by atoms with Gasteiger partial charge in [0.2, 0.25) is 26.0 Å². The van der Waals surface area contributed by atoms with Gasteiger partial charge in [0.1, 0.15) is 24.7 Å². The highest BCUT2D eigenvalue weighted by atomic mass is 32.2. The minimum atomic E-state index is -4.47. The van der Waals surface area contributed by atoms with Gasteiger partial charge in [-0.15, -0.1) is 0 Å². The standard InChI is InChI=1S/C35H48F3N3O6S.C18H25F3N2O.C17H25NO6S/c1-26-21-31(45-3)22-27(2)33(26)48(43,44)41-16-5-4-11-30(41)24-46-25-32(42)40-17-12-34(13-18-40,47-20-19-39-14-6-7-15-39)28-9-8-10-29(23-28)35(36,37)38;19-18(20,21)16-5-3-4-15(14-16)17(6-8-22-9-7-17)24-13-12-23-10-1-2-11-23;1-12-8-15(23-3)9-13(2)17(12)25(21,22)18-7-5-4-6-14(18)10-24-11-16(19)20/h8-10,21-23,30H,4-7,11-20,24-25H2,1-3H3;3-5,14,22H,1-2,6-13H2;8-9,14H,4-7,10-11H2,1-3H3,(H,19,20)/t30-;;14-/m0.0/s1. The van der Waals surface area contributed by atoms with Crippen LogP contribution in [0.15, 0.2) is 82.6 Å². The molecule has 0 aliphatic carbocycles. The molecule has 27 heteroatoms. The van der Waals surface area contributed by atoms with Crippen LogP contribution in [0, 0.1) is 27.7 Å². The van der Waals surface area contributed by atoms with Crippen LogP contribution in [0.2, 0.25) is 0 Å². The molecule has 540 valence electrons. The Bertz CT molecular complexity index is 3420. The number of hydrogen-bond donors (Lipinski definition) is 2. The number of carbonyl (C=O) groups is 2. The number of aryl methyl sites for hydroxylation is 4. The van der Waals surface area contributed by atoms with Crippen LogP contribution in [0.3, 0.4) is 0 Å². The van der Waals surface area contributed by atoms with E-state index in [0.29, 0.717) is 134 Å². The molecule has 0 saturated carbocycles. The van der Waals surface area contributed by atoms with Gasteiger partial charge in [-0.25, -0.2) is 21.6 Å². The smallest absolute Gasteiger partial charge is 0.416 e. The third-order valence-corrected chi connectivity index (χ3v) is 23.9. The predicted octanol–water partition coefficient (Wildman–Crippen LogP) is 10.9. The van der Waals surface area contributed by atoms with Crippen LogP contribution in [0.1, 0.15) is 134 Å². The van der Waals surface area contributed by atoms with Gasteiger partial charge in [0.05, 0.1) is 72.8 Å². The van der Waals surface area contributed by atoms with Crippen molar-refractivity contribution in [1.82, 2.24) is 28.6 Å². The van der Waals surface area contributed by atoms with Crippen LogP contribution in [0.4, 0.5) is 26.3 Å². The zero-order chi connectivity index (χ0) is 70.2. The molecule has 6 saturated heterocycles. The number of carboxylic acids is 1. The number of benzene rings is 4. The zero-order valence-electron chi connectivity index (χ0n) is 56.9. The highest BCUT2D eigenvalue weighted by molar-refractivity contribution is 7.89. The Hall–Kier alpha value is -5.46. The van der Waals surface area contributed by atoms with E-state index in [1.807, 2.05) is 0 Å². The number of aliphatic carboxylic acids is 1. The molecule has 97 heavy (non-hydrogen) atoms. The fourth-order valence-corrected chi connectivity index (χ4v) is 18.6. The highest BCUT2D eigenvalue weighted by Gasteiger charge is 2.43. The average Bonchev–Trinajstić information content (AvgIpc) is 1.18. The first-order valence-electron chi connectivity index (χ1n) is 33.9. The number of ether oxygens (including phenoxy) is 6. The lowest BCUT2D eigenvalue weighted by molar-refractivity contribution is -0.145. The normalized spacial score (nSPS) is 20.7. The fraction of sp³-hybridized carbons (Fsp3) is 0.629. The summed E-state index contributed by atoms with van der Waals surface area (Å²) in [7, 11) is -4.43. The molecule has 0 radical (unpaired) electrons. The monoisotopic (exact) mass is 1410 g/mol. The maximum Gasteiger partial charge on any atom is 0.416 e. The van der Waals surface area contributed by atoms with Gasteiger partial charge in [-0.05, 0) is 226 Å². The Balaban J connectivity index is 0.000000206. The first kappa shape index (κ1) is 77.3. The van der Waals surface area contributed by atoms with E-state index in [2.05, 4.69) is 15.1 Å². The number of hydrogen-bond acceptors (Lipinski definition) is 15. The number of alkyl halides is 6. The van der Waals surface area contributed by atoms with Crippen molar-refractivity contribution in [1.29, 1.82) is 0 Å². The second-order valence-corrected chi connectivity index (χ2v) is 29.9. The van der Waals surface area contributed by atoms with Crippen LogP contribution in [-0.2, 0) is 72.1 Å². The molecule has 10 rings (SSSR count). The summed E-state index contributed by atoms with van der Waals surface area (Å²) in [6, 6.07) is 17.1. The molecule has 6 aliphatic heterocycles. The van der Waals surface area contributed by atoms with Gasteiger partial charge in [-0.1, -0.05) is 37.1 Å². The summed E-state index contributed by atoms with van der Waals surface area (Å²) in [5, 5.41) is 12.0. The van der Waals surface area contributed by atoms with Gasteiger partial charge in [0.15, 0.2) is 0 Å². The van der Waals surface area contributed by atoms with Crippen LogP contribution in [0.25, 0.3) is 0 Å². The minimum Gasteiger partial charge on any atom is -0.497 e. The van der Waals surface area contributed by atoms with E-state index < -0.39 is 73.3 Å². The fourth-order valence-electron chi connectivity index (χ4n) is 14.4. The van der Waals surface area contributed by atoms with Crippen LogP contribution < -0.4 is 14.8 Å². The van der Waals surface area contributed by atoms with E-state index >= 15 is 0 Å². The number of carboxylic acid groups (broad SMARTS) is 1. The number of carbonyl (C=O) groups excluding carboxylic acids is 1. The Morgan fingerprint density at radius 1 is 0.536 bits per heavy atom. The van der Waals surface area contributed by atoms with Gasteiger partial charge >= 0.3 is 18.3 Å². The topological polar surface area (TPSA) is 206 Å². The Morgan fingerprint density at radius 2 is 0.918 bits per heavy atom. The number of likely N-dealkylation sites (tertiary alicyclic amines) is 3. The second kappa shape index (κ2) is 34.7. The van der Waals surface area contributed by atoms with E-state index in [0.717, 1.165) is 96.5 Å². The summed E-state index contributed by atoms with van der Waals surface area (Å²) < 4.78 is 171. The van der Waals surface area contributed by atoms with Crippen molar-refractivity contribution in [2.24, 2.45) is 0 Å². The van der Waals surface area contributed by atoms with E-state index in [1.54, 1.807) is 83.2 Å². The van der Waals surface area contributed by atoms with Crippen molar-refractivity contribution >= 4 is 31.9 Å². The molecule has 6 heterocycles.